The standard InChI is InChI=1S/C59H41N3/c1-3-19-44-45-34-33-40(36-52(45)59(50(44)4-2)51-31-18-17-30-48(51)54-46-28-15-13-26-42(46)43-27-14-16-29-47(43)55(54)59)53-41-25-12-11-20-37(41)32-35-49(53)58-61-56(38-21-7-5-8-22-38)60-57(62-58)39-23-9-6-10-24-39/h3-36,44,50H,2H2,1H3/b19-3-. The monoisotopic (exact) mass is 791 g/mol. The molecule has 0 saturated carbocycles. The van der Waals surface area contributed by atoms with Crippen molar-refractivity contribution < 1.29 is 0 Å². The lowest BCUT2D eigenvalue weighted by molar-refractivity contribution is 0.472. The molecule has 2 aliphatic carbocycles. The minimum absolute atomic E-state index is 0.0494. The van der Waals surface area contributed by atoms with Gasteiger partial charge in [-0.1, -0.05) is 194 Å². The molecule has 0 N–H and O–H groups in total. The molecule has 10 aromatic rings. The van der Waals surface area contributed by atoms with E-state index >= 15 is 0 Å². The molecule has 1 aromatic heterocycles. The first-order valence-electron chi connectivity index (χ1n) is 21.5. The third kappa shape index (κ3) is 5.15. The summed E-state index contributed by atoms with van der Waals surface area (Å²) < 4.78 is 0. The van der Waals surface area contributed by atoms with Crippen LogP contribution in [0.1, 0.15) is 35.1 Å². The maximum Gasteiger partial charge on any atom is 0.164 e. The number of aromatic nitrogens is 3. The van der Waals surface area contributed by atoms with E-state index in [-0.39, 0.29) is 11.8 Å². The number of hydrogen-bond donors (Lipinski definition) is 0. The topological polar surface area (TPSA) is 38.7 Å². The highest BCUT2D eigenvalue weighted by molar-refractivity contribution is 6.19. The summed E-state index contributed by atoms with van der Waals surface area (Å²) in [6.07, 6.45) is 6.86. The Labute approximate surface area is 361 Å². The van der Waals surface area contributed by atoms with Gasteiger partial charge in [0.2, 0.25) is 0 Å². The number of allylic oxidation sites excluding steroid dienone is 3. The van der Waals surface area contributed by atoms with Crippen molar-refractivity contribution in [3.63, 3.8) is 0 Å². The van der Waals surface area contributed by atoms with Gasteiger partial charge in [-0.25, -0.2) is 15.0 Å². The van der Waals surface area contributed by atoms with E-state index in [9.17, 15) is 0 Å². The maximum absolute atomic E-state index is 5.28. The Balaban J connectivity index is 1.19. The molecule has 12 rings (SSSR count). The van der Waals surface area contributed by atoms with Gasteiger partial charge in [0, 0.05) is 34.1 Å². The third-order valence-corrected chi connectivity index (χ3v) is 13.5. The second-order valence-corrected chi connectivity index (χ2v) is 16.6. The predicted molar refractivity (Wildman–Crippen MR) is 257 cm³/mol. The zero-order valence-corrected chi connectivity index (χ0v) is 34.3. The summed E-state index contributed by atoms with van der Waals surface area (Å²) in [7, 11) is 0. The van der Waals surface area contributed by atoms with Crippen LogP contribution in [0.15, 0.2) is 213 Å². The molecule has 0 bridgehead atoms. The van der Waals surface area contributed by atoms with Crippen LogP contribution in [0.25, 0.3) is 88.7 Å². The van der Waals surface area contributed by atoms with Gasteiger partial charge in [0.1, 0.15) is 0 Å². The Bertz CT molecular complexity index is 3400. The van der Waals surface area contributed by atoms with Gasteiger partial charge in [0.25, 0.3) is 0 Å². The van der Waals surface area contributed by atoms with Gasteiger partial charge in [0.15, 0.2) is 17.5 Å². The molecule has 0 saturated heterocycles. The molecule has 0 amide bonds. The first kappa shape index (κ1) is 36.1. The molecular formula is C59H41N3. The van der Waals surface area contributed by atoms with E-state index < -0.39 is 5.41 Å². The first-order chi connectivity index (χ1) is 30.7. The molecule has 0 aliphatic heterocycles. The van der Waals surface area contributed by atoms with E-state index in [1.54, 1.807) is 0 Å². The number of fused-ring (bicyclic) bond motifs is 13. The Kier molecular flexibility index (Phi) is 8.26. The smallest absolute Gasteiger partial charge is 0.164 e. The summed E-state index contributed by atoms with van der Waals surface area (Å²) in [5, 5.41) is 7.44. The van der Waals surface area contributed by atoms with E-state index in [4.69, 9.17) is 15.0 Å². The molecule has 62 heavy (non-hydrogen) atoms. The predicted octanol–water partition coefficient (Wildman–Crippen LogP) is 14.8. The van der Waals surface area contributed by atoms with E-state index in [1.165, 1.54) is 54.9 Å². The Morgan fingerprint density at radius 2 is 1.05 bits per heavy atom. The maximum atomic E-state index is 5.28. The van der Waals surface area contributed by atoms with Crippen molar-refractivity contribution in [2.45, 2.75) is 18.3 Å². The van der Waals surface area contributed by atoms with Crippen LogP contribution in [0, 0.1) is 5.92 Å². The van der Waals surface area contributed by atoms with Crippen LogP contribution >= 0.6 is 0 Å². The van der Waals surface area contributed by atoms with Crippen molar-refractivity contribution in [1.29, 1.82) is 0 Å². The van der Waals surface area contributed by atoms with Gasteiger partial charge in [-0.05, 0) is 90.3 Å². The van der Waals surface area contributed by atoms with Gasteiger partial charge in [-0.3, -0.25) is 0 Å². The highest BCUT2D eigenvalue weighted by Crippen LogP contribution is 2.67. The molecule has 0 fully saturated rings. The lowest BCUT2D eigenvalue weighted by atomic mass is 9.65. The van der Waals surface area contributed by atoms with Gasteiger partial charge >= 0.3 is 0 Å². The number of nitrogens with zero attached hydrogens (tertiary/aromatic N) is 3. The van der Waals surface area contributed by atoms with Crippen LogP contribution in [0.5, 0.6) is 0 Å². The second-order valence-electron chi connectivity index (χ2n) is 16.6. The van der Waals surface area contributed by atoms with Crippen LogP contribution < -0.4 is 0 Å². The highest BCUT2D eigenvalue weighted by atomic mass is 15.0. The van der Waals surface area contributed by atoms with Crippen molar-refractivity contribution in [3.05, 3.63) is 235 Å². The minimum atomic E-state index is -0.522. The molecular weight excluding hydrogens is 751 g/mol. The second kappa shape index (κ2) is 14.2. The highest BCUT2D eigenvalue weighted by Gasteiger charge is 2.57. The molecule has 9 aromatic carbocycles. The van der Waals surface area contributed by atoms with Crippen LogP contribution in [-0.4, -0.2) is 15.0 Å². The zero-order chi connectivity index (χ0) is 41.4. The molecule has 2 aliphatic rings. The normalized spacial score (nSPS) is 17.5. The summed E-state index contributed by atoms with van der Waals surface area (Å²) in [4.78, 5) is 15.6. The van der Waals surface area contributed by atoms with Crippen molar-refractivity contribution in [1.82, 2.24) is 15.0 Å². The quantitative estimate of drug-likeness (QED) is 0.124. The number of benzene rings is 9. The SMILES string of the molecule is C=CC1C(/C=C\C)c2ccc(-c3c(-c4nc(-c5ccccc5)nc(-c5ccccc5)n4)ccc4ccccc34)cc2C12c1ccccc1-c1c2c2ccccc2c2ccccc12. The number of hydrogen-bond acceptors (Lipinski definition) is 3. The van der Waals surface area contributed by atoms with E-state index in [0.717, 1.165) is 38.6 Å². The Morgan fingerprint density at radius 1 is 0.468 bits per heavy atom. The fourth-order valence-corrected chi connectivity index (χ4v) is 11.1. The third-order valence-electron chi connectivity index (χ3n) is 13.5. The summed E-state index contributed by atoms with van der Waals surface area (Å²) in [6, 6.07) is 67.9. The molecule has 3 unspecified atom stereocenters. The molecule has 0 radical (unpaired) electrons. The summed E-state index contributed by atoms with van der Waals surface area (Å²) >= 11 is 0. The minimum Gasteiger partial charge on any atom is -0.208 e. The first-order valence-corrected chi connectivity index (χ1v) is 21.5. The van der Waals surface area contributed by atoms with E-state index in [1.807, 2.05) is 36.4 Å². The summed E-state index contributed by atoms with van der Waals surface area (Å²) in [5.41, 5.74) is 12.5. The molecule has 3 nitrogen and oxygen atoms in total. The summed E-state index contributed by atoms with van der Waals surface area (Å²) in [5.74, 6) is 2.08. The zero-order valence-electron chi connectivity index (χ0n) is 34.3. The van der Waals surface area contributed by atoms with Crippen LogP contribution in [-0.2, 0) is 5.41 Å². The van der Waals surface area contributed by atoms with Crippen LogP contribution in [0.4, 0.5) is 0 Å². The lowest BCUT2D eigenvalue weighted by Gasteiger charge is -2.36. The average Bonchev–Trinajstić information content (AvgIpc) is 3.80. The molecule has 3 heteroatoms. The van der Waals surface area contributed by atoms with E-state index in [2.05, 4.69) is 183 Å². The van der Waals surface area contributed by atoms with Gasteiger partial charge in [-0.15, -0.1) is 6.58 Å². The Morgan fingerprint density at radius 3 is 1.74 bits per heavy atom. The fraction of sp³-hybridized carbons (Fsp3) is 0.0678. The molecule has 1 spiro atoms. The molecule has 1 heterocycles. The number of rotatable bonds is 6. The average molecular weight is 792 g/mol. The van der Waals surface area contributed by atoms with E-state index in [0.29, 0.717) is 17.5 Å². The molecule has 3 atom stereocenters. The van der Waals surface area contributed by atoms with Gasteiger partial charge in [-0.2, -0.15) is 0 Å². The van der Waals surface area contributed by atoms with Crippen molar-refractivity contribution in [2.75, 3.05) is 0 Å². The fourth-order valence-electron chi connectivity index (χ4n) is 11.1. The van der Waals surface area contributed by atoms with Crippen molar-refractivity contribution in [2.24, 2.45) is 5.92 Å². The van der Waals surface area contributed by atoms with Crippen LogP contribution in [0.2, 0.25) is 0 Å². The lowest BCUT2D eigenvalue weighted by Crippen LogP contribution is -2.32. The summed E-state index contributed by atoms with van der Waals surface area (Å²) in [6.45, 7) is 6.79. The van der Waals surface area contributed by atoms with Gasteiger partial charge < -0.3 is 0 Å². The largest absolute Gasteiger partial charge is 0.208 e. The molecule has 292 valence electrons. The van der Waals surface area contributed by atoms with Crippen molar-refractivity contribution in [3.8, 4) is 56.4 Å². The van der Waals surface area contributed by atoms with Gasteiger partial charge in [0.05, 0.1) is 5.41 Å². The Hall–Kier alpha value is -7.75. The van der Waals surface area contributed by atoms with Crippen molar-refractivity contribution >= 4 is 32.3 Å². The van der Waals surface area contributed by atoms with Crippen LogP contribution in [0.3, 0.4) is 0 Å².